The van der Waals surface area contributed by atoms with Crippen molar-refractivity contribution in [3.05, 3.63) is 121 Å². The third-order valence-corrected chi connectivity index (χ3v) is 13.0. The van der Waals surface area contributed by atoms with E-state index in [0.717, 1.165) is 16.6 Å². The van der Waals surface area contributed by atoms with Gasteiger partial charge in [-0.1, -0.05) is 97.1 Å². The predicted octanol–water partition coefficient (Wildman–Crippen LogP) is 4.56. The van der Waals surface area contributed by atoms with Crippen LogP contribution in [-0.4, -0.2) is 94.3 Å². The summed E-state index contributed by atoms with van der Waals surface area (Å²) >= 11 is 1.63. The smallest absolute Gasteiger partial charge is 0.248 e. The number of aromatic nitrogens is 3. The number of aliphatic hydroxyl groups excluding tert-OH is 1. The van der Waals surface area contributed by atoms with Gasteiger partial charge in [0.1, 0.15) is 18.2 Å². The summed E-state index contributed by atoms with van der Waals surface area (Å²) in [5.41, 5.74) is 3.42. The average Bonchev–Trinajstić information content (AvgIpc) is 3.88. The summed E-state index contributed by atoms with van der Waals surface area (Å²) in [5.74, 6) is -1.99. The summed E-state index contributed by atoms with van der Waals surface area (Å²) in [5, 5.41) is 19.5. The first-order valence-electron chi connectivity index (χ1n) is 17.6. The van der Waals surface area contributed by atoms with Crippen LogP contribution >= 0.6 is 11.8 Å². The van der Waals surface area contributed by atoms with E-state index in [0.29, 0.717) is 31.4 Å². The van der Waals surface area contributed by atoms with Gasteiger partial charge in [0.2, 0.25) is 17.7 Å². The Labute approximate surface area is 302 Å². The lowest BCUT2D eigenvalue weighted by molar-refractivity contribution is -0.147. The van der Waals surface area contributed by atoms with E-state index in [2.05, 4.69) is 30.4 Å². The SMILES string of the molecule is C=CCN(Cn1nnc2ccccc21)C(=O)C1N([C@@H](CO)Cc2ccccc2)C(=O)[C@@H]2[C@@H](C(=O)N(CC=C)Cc3ccccc3)[C@H]3CC(C)C12S3. The summed E-state index contributed by atoms with van der Waals surface area (Å²) in [6, 6.07) is 25.5. The second kappa shape index (κ2) is 14.5. The van der Waals surface area contributed by atoms with Crippen LogP contribution in [-0.2, 0) is 34.0 Å². The number of para-hydroxylation sites is 1. The zero-order valence-electron chi connectivity index (χ0n) is 28.8. The average molecular weight is 705 g/mol. The normalized spacial score (nSPS) is 25.5. The summed E-state index contributed by atoms with van der Waals surface area (Å²) in [4.78, 5) is 50.2. The summed E-state index contributed by atoms with van der Waals surface area (Å²) in [6.07, 6.45) is 4.46. The summed E-state index contributed by atoms with van der Waals surface area (Å²) in [6.45, 7) is 10.7. The fourth-order valence-corrected chi connectivity index (χ4v) is 11.1. The number of amides is 3. The summed E-state index contributed by atoms with van der Waals surface area (Å²) in [7, 11) is 0. The molecular weight excluding hydrogens is 661 g/mol. The first-order chi connectivity index (χ1) is 24.8. The molecule has 1 aromatic heterocycles. The molecule has 1 spiro atoms. The minimum atomic E-state index is -0.921. The highest BCUT2D eigenvalue weighted by Crippen LogP contribution is 2.69. The van der Waals surface area contributed by atoms with E-state index in [1.165, 1.54) is 0 Å². The van der Waals surface area contributed by atoms with E-state index >= 15 is 9.59 Å². The van der Waals surface area contributed by atoms with Gasteiger partial charge in [-0.3, -0.25) is 14.4 Å². The molecule has 3 aliphatic heterocycles. The number of hydrogen-bond acceptors (Lipinski definition) is 7. The fraction of sp³-hybridized carbons (Fsp3) is 0.375. The number of aliphatic hydroxyl groups is 1. The quantitative estimate of drug-likeness (QED) is 0.192. The number of thioether (sulfide) groups is 1. The number of hydrogen-bond donors (Lipinski definition) is 1. The predicted molar refractivity (Wildman–Crippen MR) is 198 cm³/mol. The van der Waals surface area contributed by atoms with Gasteiger partial charge in [0.25, 0.3) is 0 Å². The number of rotatable bonds is 14. The van der Waals surface area contributed by atoms with Crippen LogP contribution in [0, 0.1) is 17.8 Å². The maximum atomic E-state index is 15.3. The number of carbonyl (C=O) groups is 3. The number of fused-ring (bicyclic) bond motifs is 2. The molecule has 4 aromatic rings. The van der Waals surface area contributed by atoms with Crippen molar-refractivity contribution in [1.29, 1.82) is 0 Å². The standard InChI is InChI=1S/C40H44N6O4S/c1-4-20-43(24-29-16-10-7-11-17-29)37(48)34-33-22-27(3)40(51-33)35(34)38(49)46(30(25-47)23-28-14-8-6-9-15-28)36(40)39(50)44(21-5-2)26-45-32-19-13-12-18-31(32)41-42-45/h4-19,27,30,33-36,47H,1-2,20-26H2,3H3/t27?,30-,33-,34+,35+,36?,40?/m1/s1. The van der Waals surface area contributed by atoms with Crippen LogP contribution in [0.2, 0.25) is 0 Å². The maximum Gasteiger partial charge on any atom is 0.248 e. The first-order valence-corrected chi connectivity index (χ1v) is 18.5. The van der Waals surface area contributed by atoms with Gasteiger partial charge < -0.3 is 19.8 Å². The number of benzene rings is 3. The molecule has 7 atom stereocenters. The molecule has 3 fully saturated rings. The maximum absolute atomic E-state index is 15.3. The van der Waals surface area contributed by atoms with E-state index in [9.17, 15) is 9.90 Å². The molecule has 3 aliphatic rings. The van der Waals surface area contributed by atoms with Crippen molar-refractivity contribution in [3.8, 4) is 0 Å². The largest absolute Gasteiger partial charge is 0.394 e. The van der Waals surface area contributed by atoms with Crippen LogP contribution < -0.4 is 0 Å². The third-order valence-electron chi connectivity index (χ3n) is 10.9. The molecule has 1 N–H and O–H groups in total. The van der Waals surface area contributed by atoms with Gasteiger partial charge in [0, 0.05) is 24.9 Å². The molecule has 3 aromatic carbocycles. The zero-order chi connectivity index (χ0) is 35.7. The second-order valence-electron chi connectivity index (χ2n) is 13.9. The van der Waals surface area contributed by atoms with Crippen LogP contribution in [0.15, 0.2) is 110 Å². The van der Waals surface area contributed by atoms with E-state index in [-0.39, 0.29) is 48.7 Å². The topological polar surface area (TPSA) is 112 Å². The third kappa shape index (κ3) is 6.06. The van der Waals surface area contributed by atoms with Crippen LogP contribution in [0.25, 0.3) is 11.0 Å². The van der Waals surface area contributed by atoms with Crippen molar-refractivity contribution < 1.29 is 19.5 Å². The molecule has 51 heavy (non-hydrogen) atoms. The minimum Gasteiger partial charge on any atom is -0.394 e. The molecule has 3 saturated heterocycles. The van der Waals surface area contributed by atoms with Crippen molar-refractivity contribution in [2.24, 2.45) is 17.8 Å². The van der Waals surface area contributed by atoms with Crippen LogP contribution in [0.5, 0.6) is 0 Å². The fourth-order valence-electron chi connectivity index (χ4n) is 8.68. The Morgan fingerprint density at radius 2 is 1.61 bits per heavy atom. The van der Waals surface area contributed by atoms with E-state index in [1.807, 2.05) is 84.9 Å². The molecule has 0 aliphatic carbocycles. The highest BCUT2D eigenvalue weighted by atomic mass is 32.2. The van der Waals surface area contributed by atoms with Crippen molar-refractivity contribution in [2.75, 3.05) is 19.7 Å². The number of carbonyl (C=O) groups excluding carboxylic acids is 3. The molecule has 3 unspecified atom stereocenters. The van der Waals surface area contributed by atoms with Gasteiger partial charge in [-0.25, -0.2) is 4.68 Å². The molecule has 4 heterocycles. The molecule has 3 amide bonds. The Bertz CT molecular complexity index is 1920. The van der Waals surface area contributed by atoms with E-state index < -0.39 is 28.7 Å². The van der Waals surface area contributed by atoms with Gasteiger partial charge in [0.15, 0.2) is 0 Å². The molecule has 10 nitrogen and oxygen atoms in total. The Hall–Kier alpha value is -4.74. The van der Waals surface area contributed by atoms with Crippen LogP contribution in [0.3, 0.4) is 0 Å². The Balaban J connectivity index is 1.30. The van der Waals surface area contributed by atoms with E-state index in [4.69, 9.17) is 0 Å². The molecule has 0 radical (unpaired) electrons. The van der Waals surface area contributed by atoms with Crippen molar-refractivity contribution >= 4 is 40.5 Å². The molecule has 2 bridgehead atoms. The second-order valence-corrected chi connectivity index (χ2v) is 15.4. The van der Waals surface area contributed by atoms with Gasteiger partial charge >= 0.3 is 0 Å². The number of nitrogens with zero attached hydrogens (tertiary/aromatic N) is 6. The monoisotopic (exact) mass is 704 g/mol. The van der Waals surface area contributed by atoms with Crippen LogP contribution in [0.1, 0.15) is 24.5 Å². The van der Waals surface area contributed by atoms with Crippen molar-refractivity contribution in [2.45, 2.75) is 55.1 Å². The molecule has 11 heteroatoms. The lowest BCUT2D eigenvalue weighted by Crippen LogP contribution is -2.59. The molecule has 7 rings (SSSR count). The van der Waals surface area contributed by atoms with Crippen LogP contribution in [0.4, 0.5) is 0 Å². The molecular formula is C40H44N6O4S. The first kappa shape index (κ1) is 34.7. The zero-order valence-corrected chi connectivity index (χ0v) is 29.6. The molecule has 0 saturated carbocycles. The Kier molecular flexibility index (Phi) is 9.85. The Morgan fingerprint density at radius 3 is 2.29 bits per heavy atom. The van der Waals surface area contributed by atoms with Gasteiger partial charge in [-0.15, -0.1) is 30.0 Å². The van der Waals surface area contributed by atoms with Crippen molar-refractivity contribution in [3.63, 3.8) is 0 Å². The highest BCUT2D eigenvalue weighted by Gasteiger charge is 2.77. The summed E-state index contributed by atoms with van der Waals surface area (Å²) < 4.78 is 0.811. The lowest BCUT2D eigenvalue weighted by atomic mass is 9.65. The van der Waals surface area contributed by atoms with Gasteiger partial charge in [-0.05, 0) is 42.0 Å². The van der Waals surface area contributed by atoms with Crippen molar-refractivity contribution in [1.82, 2.24) is 29.7 Å². The Morgan fingerprint density at radius 1 is 0.961 bits per heavy atom. The highest BCUT2D eigenvalue weighted by molar-refractivity contribution is 8.02. The lowest BCUT2D eigenvalue weighted by Gasteiger charge is -2.42. The minimum absolute atomic E-state index is 0.0414. The van der Waals surface area contributed by atoms with E-state index in [1.54, 1.807) is 43.3 Å². The number of likely N-dealkylation sites (tertiary alicyclic amines) is 1. The molecule has 264 valence electrons. The van der Waals surface area contributed by atoms with Gasteiger partial charge in [0.05, 0.1) is 34.7 Å². The van der Waals surface area contributed by atoms with Gasteiger partial charge in [-0.2, -0.15) is 0 Å².